The molecule has 0 saturated heterocycles. The molecule has 1 aromatic heterocycles. The van der Waals surface area contributed by atoms with E-state index in [-0.39, 0.29) is 5.75 Å². The predicted molar refractivity (Wildman–Crippen MR) is 64.7 cm³/mol. The quantitative estimate of drug-likeness (QED) is 0.761. The molecule has 0 radical (unpaired) electrons. The van der Waals surface area contributed by atoms with E-state index in [4.69, 9.17) is 4.74 Å². The van der Waals surface area contributed by atoms with Crippen molar-refractivity contribution in [3.8, 4) is 17.2 Å². The van der Waals surface area contributed by atoms with E-state index in [1.165, 1.54) is 0 Å². The number of aromatic hydroxyl groups is 1. The summed E-state index contributed by atoms with van der Waals surface area (Å²) in [5, 5.41) is 16.8. The van der Waals surface area contributed by atoms with Crippen LogP contribution in [0.5, 0.6) is 11.5 Å². The molecule has 2 aromatic rings. The highest BCUT2D eigenvalue weighted by Crippen LogP contribution is 2.21. The molecule has 0 aliphatic carbocycles. The second-order valence-electron chi connectivity index (χ2n) is 3.56. The van der Waals surface area contributed by atoms with Crippen molar-refractivity contribution in [2.45, 2.75) is 0 Å². The van der Waals surface area contributed by atoms with Crippen molar-refractivity contribution in [1.82, 2.24) is 15.1 Å². The number of para-hydroxylation sites is 2. The maximum absolute atomic E-state index is 9.68. The summed E-state index contributed by atoms with van der Waals surface area (Å²) >= 11 is 0. The lowest BCUT2D eigenvalue weighted by atomic mass is 10.3. The highest BCUT2D eigenvalue weighted by Gasteiger charge is 2.05. The van der Waals surface area contributed by atoms with E-state index in [9.17, 15) is 5.11 Å². The van der Waals surface area contributed by atoms with Gasteiger partial charge >= 0.3 is 0 Å². The molecule has 0 unspecified atom stereocenters. The first-order valence-electron chi connectivity index (χ1n) is 5.41. The van der Waals surface area contributed by atoms with E-state index >= 15 is 0 Å². The Bertz CT molecular complexity index is 482. The molecule has 2 rings (SSSR count). The smallest absolute Gasteiger partial charge is 0.157 e. The minimum absolute atomic E-state index is 0.192. The second-order valence-corrected chi connectivity index (χ2v) is 3.56. The summed E-state index contributed by atoms with van der Waals surface area (Å²) in [4.78, 5) is 0. The van der Waals surface area contributed by atoms with Gasteiger partial charge < -0.3 is 15.2 Å². The highest BCUT2D eigenvalue weighted by atomic mass is 16.5. The first kappa shape index (κ1) is 11.5. The van der Waals surface area contributed by atoms with Gasteiger partial charge in [0.05, 0.1) is 12.4 Å². The number of hydrogen-bond donors (Lipinski definition) is 2. The van der Waals surface area contributed by atoms with E-state index < -0.39 is 0 Å². The molecular weight excluding hydrogens is 218 g/mol. The van der Waals surface area contributed by atoms with E-state index in [2.05, 4.69) is 10.4 Å². The van der Waals surface area contributed by atoms with Crippen LogP contribution in [0.15, 0.2) is 36.7 Å². The van der Waals surface area contributed by atoms with Crippen LogP contribution in [0.4, 0.5) is 0 Å². The van der Waals surface area contributed by atoms with Gasteiger partial charge in [0, 0.05) is 6.54 Å². The van der Waals surface area contributed by atoms with Crippen LogP contribution in [0.2, 0.25) is 0 Å². The zero-order chi connectivity index (χ0) is 12.1. The Hall–Kier alpha value is -2.01. The van der Waals surface area contributed by atoms with Crippen LogP contribution in [-0.4, -0.2) is 35.1 Å². The van der Waals surface area contributed by atoms with Gasteiger partial charge in [0.15, 0.2) is 5.75 Å². The van der Waals surface area contributed by atoms with Crippen molar-refractivity contribution >= 4 is 0 Å². The van der Waals surface area contributed by atoms with E-state index in [0.29, 0.717) is 18.0 Å². The van der Waals surface area contributed by atoms with Gasteiger partial charge in [0.2, 0.25) is 0 Å². The van der Waals surface area contributed by atoms with Crippen LogP contribution in [-0.2, 0) is 0 Å². The summed E-state index contributed by atoms with van der Waals surface area (Å²) in [5.41, 5.74) is 0.635. The number of phenolic OH excluding ortho intramolecular Hbond substituents is 1. The third kappa shape index (κ3) is 2.76. The molecule has 1 heterocycles. The summed E-state index contributed by atoms with van der Waals surface area (Å²) in [7, 11) is 1.87. The van der Waals surface area contributed by atoms with Crippen LogP contribution in [0, 0.1) is 0 Å². The summed E-state index contributed by atoms with van der Waals surface area (Å²) in [6.45, 7) is 1.37. The molecule has 0 atom stereocenters. The summed E-state index contributed by atoms with van der Waals surface area (Å²) in [6, 6.07) is 7.03. The molecule has 0 spiro atoms. The Kier molecular flexibility index (Phi) is 3.62. The number of likely N-dealkylation sites (N-methyl/N-ethyl adjacent to an activating group) is 1. The zero-order valence-electron chi connectivity index (χ0n) is 9.63. The van der Waals surface area contributed by atoms with Crippen molar-refractivity contribution in [3.05, 3.63) is 36.7 Å². The number of phenols is 1. The number of rotatable bonds is 5. The molecule has 0 saturated carbocycles. The monoisotopic (exact) mass is 233 g/mol. The SMILES string of the molecule is CNCCOc1cnn(-c2ccccc2O)c1. The lowest BCUT2D eigenvalue weighted by molar-refractivity contribution is 0.318. The maximum atomic E-state index is 9.68. The Morgan fingerprint density at radius 1 is 1.41 bits per heavy atom. The largest absolute Gasteiger partial charge is 0.506 e. The number of ether oxygens (including phenoxy) is 1. The molecule has 1 aromatic carbocycles. The highest BCUT2D eigenvalue weighted by molar-refractivity contribution is 5.45. The lowest BCUT2D eigenvalue weighted by Gasteiger charge is -2.03. The summed E-state index contributed by atoms with van der Waals surface area (Å²) in [6.07, 6.45) is 3.37. The fraction of sp³-hybridized carbons (Fsp3) is 0.250. The predicted octanol–water partition coefficient (Wildman–Crippen LogP) is 1.18. The molecule has 0 aliphatic heterocycles. The standard InChI is InChI=1S/C12H15N3O2/c1-13-6-7-17-10-8-14-15(9-10)11-4-2-3-5-12(11)16/h2-5,8-9,13,16H,6-7H2,1H3. The van der Waals surface area contributed by atoms with Crippen LogP contribution in [0.1, 0.15) is 0 Å². The van der Waals surface area contributed by atoms with E-state index in [1.54, 1.807) is 35.3 Å². The van der Waals surface area contributed by atoms with Crippen LogP contribution in [0.25, 0.3) is 5.69 Å². The molecule has 5 heteroatoms. The molecule has 0 fully saturated rings. The van der Waals surface area contributed by atoms with Crippen LogP contribution >= 0.6 is 0 Å². The average molecular weight is 233 g/mol. The third-order valence-corrected chi connectivity index (χ3v) is 2.31. The third-order valence-electron chi connectivity index (χ3n) is 2.31. The lowest BCUT2D eigenvalue weighted by Crippen LogP contribution is -2.15. The number of nitrogens with zero attached hydrogens (tertiary/aromatic N) is 2. The molecule has 0 aliphatic rings. The van der Waals surface area contributed by atoms with Gasteiger partial charge in [-0.25, -0.2) is 4.68 Å². The Balaban J connectivity index is 2.10. The normalized spacial score (nSPS) is 10.4. The van der Waals surface area contributed by atoms with Crippen molar-refractivity contribution in [1.29, 1.82) is 0 Å². The molecule has 2 N–H and O–H groups in total. The molecule has 0 bridgehead atoms. The van der Waals surface area contributed by atoms with Gasteiger partial charge in [-0.05, 0) is 19.2 Å². The van der Waals surface area contributed by atoms with Crippen LogP contribution in [0.3, 0.4) is 0 Å². The second kappa shape index (κ2) is 5.36. The number of benzene rings is 1. The van der Waals surface area contributed by atoms with Gasteiger partial charge in [-0.1, -0.05) is 12.1 Å². The van der Waals surface area contributed by atoms with E-state index in [1.807, 2.05) is 13.1 Å². The van der Waals surface area contributed by atoms with Gasteiger partial charge in [-0.3, -0.25) is 0 Å². The van der Waals surface area contributed by atoms with Gasteiger partial charge in [0.25, 0.3) is 0 Å². The molecule has 0 amide bonds. The Labute approximate surface area is 99.6 Å². The number of aromatic nitrogens is 2. The molecular formula is C12H15N3O2. The van der Waals surface area contributed by atoms with Crippen LogP contribution < -0.4 is 10.1 Å². The summed E-state index contributed by atoms with van der Waals surface area (Å²) in [5.74, 6) is 0.876. The fourth-order valence-electron chi connectivity index (χ4n) is 1.44. The summed E-state index contributed by atoms with van der Waals surface area (Å²) < 4.78 is 7.05. The number of nitrogens with one attached hydrogen (secondary N) is 1. The maximum Gasteiger partial charge on any atom is 0.157 e. The molecule has 5 nitrogen and oxygen atoms in total. The van der Waals surface area contributed by atoms with Crippen molar-refractivity contribution in [2.75, 3.05) is 20.2 Å². The van der Waals surface area contributed by atoms with E-state index in [0.717, 1.165) is 6.54 Å². The van der Waals surface area contributed by atoms with Crippen molar-refractivity contribution in [3.63, 3.8) is 0 Å². The minimum atomic E-state index is 0.192. The van der Waals surface area contributed by atoms with Gasteiger partial charge in [-0.15, -0.1) is 0 Å². The molecule has 17 heavy (non-hydrogen) atoms. The first-order valence-corrected chi connectivity index (χ1v) is 5.41. The minimum Gasteiger partial charge on any atom is -0.506 e. The Morgan fingerprint density at radius 3 is 3.00 bits per heavy atom. The first-order chi connectivity index (χ1) is 8.31. The fourth-order valence-corrected chi connectivity index (χ4v) is 1.44. The Morgan fingerprint density at radius 2 is 2.24 bits per heavy atom. The van der Waals surface area contributed by atoms with Gasteiger partial charge in [0.1, 0.15) is 18.0 Å². The topological polar surface area (TPSA) is 59.3 Å². The number of hydrogen-bond acceptors (Lipinski definition) is 4. The van der Waals surface area contributed by atoms with Gasteiger partial charge in [-0.2, -0.15) is 5.10 Å². The molecule has 90 valence electrons. The van der Waals surface area contributed by atoms with Crippen molar-refractivity contribution < 1.29 is 9.84 Å². The average Bonchev–Trinajstić information content (AvgIpc) is 2.79. The zero-order valence-corrected chi connectivity index (χ0v) is 9.63. The van der Waals surface area contributed by atoms with Crippen molar-refractivity contribution in [2.24, 2.45) is 0 Å².